The molecule has 0 fully saturated rings. The van der Waals surface area contributed by atoms with Gasteiger partial charge in [0, 0.05) is 24.1 Å². The highest BCUT2D eigenvalue weighted by Gasteiger charge is 2.00. The molecule has 24 heavy (non-hydrogen) atoms. The van der Waals surface area contributed by atoms with Crippen LogP contribution in [0.25, 0.3) is 6.08 Å². The summed E-state index contributed by atoms with van der Waals surface area (Å²) in [5.74, 6) is 1.12. The first-order chi connectivity index (χ1) is 11.5. The van der Waals surface area contributed by atoms with E-state index in [9.17, 15) is 9.18 Å². The molecule has 2 nitrogen and oxygen atoms in total. The Balaban J connectivity index is 1.65. The van der Waals surface area contributed by atoms with Gasteiger partial charge in [-0.2, -0.15) is 11.8 Å². The molecule has 2 rings (SSSR count). The summed E-state index contributed by atoms with van der Waals surface area (Å²) in [4.78, 5) is 11.7. The average Bonchev–Trinajstić information content (AvgIpc) is 2.57. The number of benzene rings is 2. The minimum absolute atomic E-state index is 0.172. The van der Waals surface area contributed by atoms with Gasteiger partial charge in [-0.25, -0.2) is 4.39 Å². The summed E-state index contributed by atoms with van der Waals surface area (Å²) in [7, 11) is 0. The monoisotopic (exact) mass is 383 g/mol. The first kappa shape index (κ1) is 18.8. The van der Waals surface area contributed by atoms with Crippen LogP contribution < -0.4 is 5.32 Å². The zero-order chi connectivity index (χ0) is 17.4. The third kappa shape index (κ3) is 6.56. The van der Waals surface area contributed by atoms with E-state index in [0.29, 0.717) is 16.6 Å². The Labute approximate surface area is 155 Å². The molecule has 0 bridgehead atoms. The molecule has 6 heteroatoms. The lowest BCUT2D eigenvalue weighted by Gasteiger charge is -2.04. The van der Waals surface area contributed by atoms with Gasteiger partial charge >= 0.3 is 0 Å². The molecule has 0 heterocycles. The van der Waals surface area contributed by atoms with Crippen molar-refractivity contribution in [3.8, 4) is 0 Å². The lowest BCUT2D eigenvalue weighted by atomic mass is 10.2. The minimum Gasteiger partial charge on any atom is -0.352 e. The van der Waals surface area contributed by atoms with Crippen LogP contribution in [0.1, 0.15) is 11.1 Å². The highest BCUT2D eigenvalue weighted by atomic mass is 35.5. The maximum atomic E-state index is 12.8. The van der Waals surface area contributed by atoms with E-state index < -0.39 is 0 Å². The molecule has 126 valence electrons. The molecule has 0 aliphatic carbocycles. The fourth-order valence-corrected chi connectivity index (χ4v) is 3.00. The van der Waals surface area contributed by atoms with Gasteiger partial charge in [-0.3, -0.25) is 4.79 Å². The molecule has 0 aliphatic rings. The first-order valence-corrected chi connectivity index (χ1v) is 9.19. The van der Waals surface area contributed by atoms with Gasteiger partial charge in [0.1, 0.15) is 5.82 Å². The second-order valence-electron chi connectivity index (χ2n) is 4.98. The Kier molecular flexibility index (Phi) is 7.63. The van der Waals surface area contributed by atoms with Crippen LogP contribution >= 0.6 is 35.0 Å². The standard InChI is InChI=1S/C18H16Cl2FNOS/c19-16-7-3-14(11-17(16)20)12-24-10-9-22-18(23)8-4-13-1-5-15(21)6-2-13/h1-8,11H,9-10,12H2,(H,22,23). The Bertz CT molecular complexity index is 719. The van der Waals surface area contributed by atoms with Crippen LogP contribution in [0.5, 0.6) is 0 Å². The van der Waals surface area contributed by atoms with E-state index in [1.807, 2.05) is 12.1 Å². The number of thioether (sulfide) groups is 1. The molecule has 2 aromatic rings. The number of hydrogen-bond acceptors (Lipinski definition) is 2. The predicted octanol–water partition coefficient (Wildman–Crippen LogP) is 5.20. The maximum absolute atomic E-state index is 12.8. The lowest BCUT2D eigenvalue weighted by molar-refractivity contribution is -0.116. The van der Waals surface area contributed by atoms with Crippen LogP contribution in [0.3, 0.4) is 0 Å². The van der Waals surface area contributed by atoms with E-state index in [1.54, 1.807) is 36.0 Å². The van der Waals surface area contributed by atoms with Crippen molar-refractivity contribution in [2.24, 2.45) is 0 Å². The number of carbonyl (C=O) groups excluding carboxylic acids is 1. The van der Waals surface area contributed by atoms with E-state index in [-0.39, 0.29) is 11.7 Å². The SMILES string of the molecule is O=C(C=Cc1ccc(F)cc1)NCCSCc1ccc(Cl)c(Cl)c1. The second-order valence-corrected chi connectivity index (χ2v) is 6.90. The Morgan fingerprint density at radius 1 is 1.12 bits per heavy atom. The van der Waals surface area contributed by atoms with Crippen molar-refractivity contribution in [1.82, 2.24) is 5.32 Å². The number of halogens is 3. The van der Waals surface area contributed by atoms with Gasteiger partial charge in [-0.05, 0) is 41.5 Å². The molecular weight excluding hydrogens is 368 g/mol. The minimum atomic E-state index is -0.296. The Morgan fingerprint density at radius 2 is 1.88 bits per heavy atom. The van der Waals surface area contributed by atoms with Crippen LogP contribution in [0.4, 0.5) is 4.39 Å². The fraction of sp³-hybridized carbons (Fsp3) is 0.167. The first-order valence-electron chi connectivity index (χ1n) is 7.28. The fourth-order valence-electron chi connectivity index (χ4n) is 1.87. The van der Waals surface area contributed by atoms with E-state index in [2.05, 4.69) is 5.32 Å². The molecule has 0 saturated carbocycles. The summed E-state index contributed by atoms with van der Waals surface area (Å²) in [6.07, 6.45) is 3.09. The summed E-state index contributed by atoms with van der Waals surface area (Å²) in [5.41, 5.74) is 1.87. The number of carbonyl (C=O) groups is 1. The van der Waals surface area contributed by atoms with Gasteiger partial charge in [0.25, 0.3) is 0 Å². The molecule has 0 atom stereocenters. The lowest BCUT2D eigenvalue weighted by Crippen LogP contribution is -2.23. The summed E-state index contributed by atoms with van der Waals surface area (Å²) in [6, 6.07) is 11.5. The number of hydrogen-bond donors (Lipinski definition) is 1. The summed E-state index contributed by atoms with van der Waals surface area (Å²) >= 11 is 13.5. The number of nitrogens with one attached hydrogen (secondary N) is 1. The molecule has 0 aliphatic heterocycles. The molecule has 0 saturated heterocycles. The van der Waals surface area contributed by atoms with E-state index >= 15 is 0 Å². The van der Waals surface area contributed by atoms with Crippen LogP contribution in [0.2, 0.25) is 10.0 Å². The molecule has 0 unspecified atom stereocenters. The van der Waals surface area contributed by atoms with Crippen LogP contribution in [-0.4, -0.2) is 18.2 Å². The zero-order valence-corrected chi connectivity index (χ0v) is 15.1. The smallest absolute Gasteiger partial charge is 0.244 e. The van der Waals surface area contributed by atoms with Crippen molar-refractivity contribution in [2.45, 2.75) is 5.75 Å². The topological polar surface area (TPSA) is 29.1 Å². The van der Waals surface area contributed by atoms with Crippen molar-refractivity contribution in [2.75, 3.05) is 12.3 Å². The van der Waals surface area contributed by atoms with Gasteiger partial charge in [0.15, 0.2) is 0 Å². The quantitative estimate of drug-likeness (QED) is 0.526. The second kappa shape index (κ2) is 9.72. The normalized spacial score (nSPS) is 11.0. The maximum Gasteiger partial charge on any atom is 0.244 e. The van der Waals surface area contributed by atoms with Gasteiger partial charge < -0.3 is 5.32 Å². The summed E-state index contributed by atoms with van der Waals surface area (Å²) in [6.45, 7) is 0.568. The van der Waals surface area contributed by atoms with E-state index in [4.69, 9.17) is 23.2 Å². The third-order valence-corrected chi connectivity index (χ3v) is 4.86. The molecule has 0 radical (unpaired) electrons. The Hall–Kier alpha value is -1.49. The zero-order valence-electron chi connectivity index (χ0n) is 12.8. The highest BCUT2D eigenvalue weighted by Crippen LogP contribution is 2.24. The number of amides is 1. The third-order valence-electron chi connectivity index (χ3n) is 3.10. The van der Waals surface area contributed by atoms with Crippen molar-refractivity contribution >= 4 is 46.9 Å². The van der Waals surface area contributed by atoms with Crippen molar-refractivity contribution in [3.05, 3.63) is 75.5 Å². The van der Waals surface area contributed by atoms with Gasteiger partial charge in [-0.1, -0.05) is 41.4 Å². The predicted molar refractivity (Wildman–Crippen MR) is 101 cm³/mol. The van der Waals surface area contributed by atoms with Crippen molar-refractivity contribution in [3.63, 3.8) is 0 Å². The molecule has 1 amide bonds. The van der Waals surface area contributed by atoms with Crippen molar-refractivity contribution in [1.29, 1.82) is 0 Å². The van der Waals surface area contributed by atoms with Gasteiger partial charge in [0.05, 0.1) is 10.0 Å². The van der Waals surface area contributed by atoms with Crippen LogP contribution in [-0.2, 0) is 10.5 Å². The van der Waals surface area contributed by atoms with Crippen LogP contribution in [0.15, 0.2) is 48.5 Å². The molecule has 0 spiro atoms. The summed E-state index contributed by atoms with van der Waals surface area (Å²) in [5, 5.41) is 3.90. The number of rotatable bonds is 7. The van der Waals surface area contributed by atoms with Gasteiger partial charge in [0.2, 0.25) is 5.91 Å². The average molecular weight is 384 g/mol. The Morgan fingerprint density at radius 3 is 2.58 bits per heavy atom. The van der Waals surface area contributed by atoms with Crippen LogP contribution in [0, 0.1) is 5.82 Å². The highest BCUT2D eigenvalue weighted by molar-refractivity contribution is 7.98. The van der Waals surface area contributed by atoms with E-state index in [1.165, 1.54) is 18.2 Å². The largest absolute Gasteiger partial charge is 0.352 e. The van der Waals surface area contributed by atoms with Gasteiger partial charge in [-0.15, -0.1) is 0 Å². The molecule has 2 aromatic carbocycles. The summed E-state index contributed by atoms with van der Waals surface area (Å²) < 4.78 is 12.8. The van der Waals surface area contributed by atoms with Crippen molar-refractivity contribution < 1.29 is 9.18 Å². The molecular formula is C18H16Cl2FNOS. The molecule has 0 aromatic heterocycles. The van der Waals surface area contributed by atoms with E-state index in [0.717, 1.165) is 22.6 Å². The molecule has 1 N–H and O–H groups in total.